The first-order chi connectivity index (χ1) is 7.47. The molecule has 0 amide bonds. The molecule has 3 nitrogen and oxygen atoms in total. The summed E-state index contributed by atoms with van der Waals surface area (Å²) in [4.78, 5) is 0. The Morgan fingerprint density at radius 1 is 1.31 bits per heavy atom. The maximum atomic E-state index is 11.6. The quantitative estimate of drug-likeness (QED) is 0.902. The number of rotatable bonds is 4. The molecule has 1 aromatic rings. The predicted molar refractivity (Wildman–Crippen MR) is 65.0 cm³/mol. The Hall–Kier alpha value is -0.580. The summed E-state index contributed by atoms with van der Waals surface area (Å²) in [5.41, 5.74) is 0.619. The molecule has 0 radical (unpaired) electrons. The van der Waals surface area contributed by atoms with E-state index in [0.29, 0.717) is 5.02 Å². The minimum Gasteiger partial charge on any atom is -0.212 e. The number of sulfonamides is 1. The van der Waals surface area contributed by atoms with Gasteiger partial charge in [-0.05, 0) is 37.5 Å². The third-order valence-corrected chi connectivity index (χ3v) is 4.59. The van der Waals surface area contributed by atoms with E-state index in [1.807, 2.05) is 12.1 Å². The van der Waals surface area contributed by atoms with E-state index in [-0.39, 0.29) is 11.3 Å². The zero-order chi connectivity index (χ0) is 11.8. The molecule has 5 heteroatoms. The molecule has 2 rings (SSSR count). The molecule has 0 heterocycles. The van der Waals surface area contributed by atoms with E-state index in [1.54, 1.807) is 19.1 Å². The second-order valence-corrected chi connectivity index (χ2v) is 6.54. The van der Waals surface area contributed by atoms with Crippen LogP contribution in [0.4, 0.5) is 0 Å². The van der Waals surface area contributed by atoms with Gasteiger partial charge in [-0.3, -0.25) is 0 Å². The summed E-state index contributed by atoms with van der Waals surface area (Å²) >= 11 is 5.80. The van der Waals surface area contributed by atoms with Crippen molar-refractivity contribution < 1.29 is 8.42 Å². The van der Waals surface area contributed by atoms with Gasteiger partial charge < -0.3 is 0 Å². The minimum atomic E-state index is -3.16. The average Bonchev–Trinajstić information content (AvgIpc) is 2.99. The number of hydrogen-bond acceptors (Lipinski definition) is 2. The minimum absolute atomic E-state index is 0.113. The van der Waals surface area contributed by atoms with E-state index in [4.69, 9.17) is 11.6 Å². The molecule has 0 aromatic heterocycles. The van der Waals surface area contributed by atoms with Crippen LogP contribution in [0, 0.1) is 0 Å². The normalized spacial score (nSPS) is 18.4. The van der Waals surface area contributed by atoms with Crippen LogP contribution < -0.4 is 4.72 Å². The smallest absolute Gasteiger partial charge is 0.212 e. The van der Waals surface area contributed by atoms with E-state index in [9.17, 15) is 8.42 Å². The molecule has 0 unspecified atom stereocenters. The van der Waals surface area contributed by atoms with E-state index < -0.39 is 10.0 Å². The Morgan fingerprint density at radius 2 is 1.88 bits per heavy atom. The van der Waals surface area contributed by atoms with Gasteiger partial charge in [0.1, 0.15) is 0 Å². The van der Waals surface area contributed by atoms with Crippen LogP contribution in [0.2, 0.25) is 5.02 Å². The first kappa shape index (κ1) is 11.9. The third kappa shape index (κ3) is 2.39. The lowest BCUT2D eigenvalue weighted by atomic mass is 10.1. The molecule has 1 aromatic carbocycles. The van der Waals surface area contributed by atoms with Gasteiger partial charge in [0.15, 0.2) is 0 Å². The highest BCUT2D eigenvalue weighted by Gasteiger charge is 2.46. The Bertz CT molecular complexity index is 477. The highest BCUT2D eigenvalue weighted by atomic mass is 35.5. The SMILES string of the molecule is CCS(=O)(=O)NC1(c2ccc(Cl)cc2)CC1. The summed E-state index contributed by atoms with van der Waals surface area (Å²) < 4.78 is 25.9. The van der Waals surface area contributed by atoms with Crippen molar-refractivity contribution in [3.63, 3.8) is 0 Å². The molecule has 1 aliphatic carbocycles. The van der Waals surface area contributed by atoms with Crippen LogP contribution in [0.15, 0.2) is 24.3 Å². The molecular weight excluding hydrogens is 246 g/mol. The molecule has 0 aliphatic heterocycles. The molecule has 0 bridgehead atoms. The van der Waals surface area contributed by atoms with Crippen LogP contribution in [0.3, 0.4) is 0 Å². The topological polar surface area (TPSA) is 46.2 Å². The van der Waals surface area contributed by atoms with Gasteiger partial charge in [-0.15, -0.1) is 0 Å². The number of hydrogen-bond donors (Lipinski definition) is 1. The Kier molecular flexibility index (Phi) is 2.99. The number of benzene rings is 1. The van der Waals surface area contributed by atoms with Gasteiger partial charge >= 0.3 is 0 Å². The zero-order valence-electron chi connectivity index (χ0n) is 9.03. The lowest BCUT2D eigenvalue weighted by Gasteiger charge is -2.17. The van der Waals surface area contributed by atoms with Gasteiger partial charge in [-0.2, -0.15) is 0 Å². The van der Waals surface area contributed by atoms with E-state index in [2.05, 4.69) is 4.72 Å². The zero-order valence-corrected chi connectivity index (χ0v) is 10.6. The van der Waals surface area contributed by atoms with Crippen LogP contribution in [0.5, 0.6) is 0 Å². The summed E-state index contributed by atoms with van der Waals surface area (Å²) in [5.74, 6) is 0.113. The van der Waals surface area contributed by atoms with E-state index in [1.165, 1.54) is 0 Å². The first-order valence-electron chi connectivity index (χ1n) is 5.25. The molecule has 1 N–H and O–H groups in total. The summed E-state index contributed by atoms with van der Waals surface area (Å²) in [5, 5.41) is 0.665. The summed E-state index contributed by atoms with van der Waals surface area (Å²) in [6, 6.07) is 7.34. The molecule has 1 aliphatic rings. The molecule has 1 saturated carbocycles. The van der Waals surface area contributed by atoms with Gasteiger partial charge in [0.25, 0.3) is 0 Å². The van der Waals surface area contributed by atoms with Crippen molar-refractivity contribution in [3.05, 3.63) is 34.9 Å². The van der Waals surface area contributed by atoms with Crippen LogP contribution in [-0.2, 0) is 15.6 Å². The van der Waals surface area contributed by atoms with Crippen molar-refractivity contribution in [3.8, 4) is 0 Å². The monoisotopic (exact) mass is 259 g/mol. The van der Waals surface area contributed by atoms with Gasteiger partial charge in [0.05, 0.1) is 11.3 Å². The summed E-state index contributed by atoms with van der Waals surface area (Å²) in [6.07, 6.45) is 1.71. The second-order valence-electron chi connectivity index (χ2n) is 4.09. The second kappa shape index (κ2) is 4.02. The van der Waals surface area contributed by atoms with Crippen molar-refractivity contribution in [2.24, 2.45) is 0 Å². The maximum absolute atomic E-state index is 11.6. The van der Waals surface area contributed by atoms with E-state index in [0.717, 1.165) is 18.4 Å². The highest BCUT2D eigenvalue weighted by molar-refractivity contribution is 7.89. The first-order valence-corrected chi connectivity index (χ1v) is 7.28. The highest BCUT2D eigenvalue weighted by Crippen LogP contribution is 2.46. The predicted octanol–water partition coefficient (Wildman–Crippen LogP) is 2.27. The van der Waals surface area contributed by atoms with E-state index >= 15 is 0 Å². The molecule has 88 valence electrons. The number of halogens is 1. The molecular formula is C11H14ClNO2S. The fourth-order valence-corrected chi connectivity index (χ4v) is 2.90. The number of nitrogens with one attached hydrogen (secondary N) is 1. The molecule has 0 atom stereocenters. The maximum Gasteiger partial charge on any atom is 0.212 e. The fraction of sp³-hybridized carbons (Fsp3) is 0.455. The molecule has 0 saturated heterocycles. The van der Waals surface area contributed by atoms with Crippen molar-refractivity contribution in [2.45, 2.75) is 25.3 Å². The van der Waals surface area contributed by atoms with Crippen LogP contribution in [0.25, 0.3) is 0 Å². The Labute approximate surface area is 101 Å². The Balaban J connectivity index is 2.24. The van der Waals surface area contributed by atoms with Crippen molar-refractivity contribution in [1.29, 1.82) is 0 Å². The third-order valence-electron chi connectivity index (χ3n) is 2.88. The Morgan fingerprint density at radius 3 is 2.31 bits per heavy atom. The van der Waals surface area contributed by atoms with Crippen molar-refractivity contribution in [2.75, 3.05) is 5.75 Å². The van der Waals surface area contributed by atoms with Crippen molar-refractivity contribution in [1.82, 2.24) is 4.72 Å². The molecule has 1 fully saturated rings. The van der Waals surface area contributed by atoms with Crippen LogP contribution in [-0.4, -0.2) is 14.2 Å². The summed E-state index contributed by atoms with van der Waals surface area (Å²) in [6.45, 7) is 1.64. The molecule has 16 heavy (non-hydrogen) atoms. The standard InChI is InChI=1S/C11H14ClNO2S/c1-2-16(14,15)13-11(7-8-11)9-3-5-10(12)6-4-9/h3-6,13H,2,7-8H2,1H3. The molecule has 0 spiro atoms. The average molecular weight is 260 g/mol. The van der Waals surface area contributed by atoms with Gasteiger partial charge in [-0.25, -0.2) is 13.1 Å². The van der Waals surface area contributed by atoms with Crippen LogP contribution >= 0.6 is 11.6 Å². The largest absolute Gasteiger partial charge is 0.212 e. The lowest BCUT2D eigenvalue weighted by Crippen LogP contribution is -2.35. The van der Waals surface area contributed by atoms with Crippen molar-refractivity contribution >= 4 is 21.6 Å². The van der Waals surface area contributed by atoms with Gasteiger partial charge in [0.2, 0.25) is 10.0 Å². The summed E-state index contributed by atoms with van der Waals surface area (Å²) in [7, 11) is -3.16. The lowest BCUT2D eigenvalue weighted by molar-refractivity contribution is 0.553. The fourth-order valence-electron chi connectivity index (χ4n) is 1.71. The van der Waals surface area contributed by atoms with Crippen LogP contribution in [0.1, 0.15) is 25.3 Å². The van der Waals surface area contributed by atoms with Gasteiger partial charge in [0, 0.05) is 5.02 Å². The van der Waals surface area contributed by atoms with Gasteiger partial charge in [-0.1, -0.05) is 23.7 Å².